The molecule has 0 heterocycles. The second-order valence-electron chi connectivity index (χ2n) is 9.87. The predicted octanol–water partition coefficient (Wildman–Crippen LogP) is 0.231. The van der Waals surface area contributed by atoms with Crippen molar-refractivity contribution < 1.29 is 68.0 Å². The molecule has 0 aliphatic heterocycles. The molecule has 0 saturated carbocycles. The molecular weight excluding hydrogens is 609 g/mol. The smallest absolute Gasteiger partial charge is 0.472 e. The van der Waals surface area contributed by atoms with Crippen LogP contribution < -0.4 is 0 Å². The molecule has 0 spiro atoms. The molecular formula is C26H40N3O14P. The van der Waals surface area contributed by atoms with Gasteiger partial charge in [0.15, 0.2) is 0 Å². The summed E-state index contributed by atoms with van der Waals surface area (Å²) in [5.74, 6) is -6.88. The van der Waals surface area contributed by atoms with Crippen LogP contribution in [0.15, 0.2) is 30.3 Å². The van der Waals surface area contributed by atoms with Crippen molar-refractivity contribution in [1.29, 1.82) is 0 Å². The van der Waals surface area contributed by atoms with Gasteiger partial charge in [-0.1, -0.05) is 36.8 Å². The van der Waals surface area contributed by atoms with Crippen LogP contribution in [0.4, 0.5) is 0 Å². The van der Waals surface area contributed by atoms with Gasteiger partial charge in [0.05, 0.1) is 45.9 Å². The normalized spacial score (nSPS) is 13.5. The lowest BCUT2D eigenvalue weighted by Crippen LogP contribution is -2.52. The van der Waals surface area contributed by atoms with Crippen LogP contribution in [0.25, 0.3) is 0 Å². The highest BCUT2D eigenvalue weighted by atomic mass is 31.2. The summed E-state index contributed by atoms with van der Waals surface area (Å²) in [5, 5.41) is 46.1. The molecule has 2 unspecified atom stereocenters. The average Bonchev–Trinajstić information content (AvgIpc) is 2.90. The van der Waals surface area contributed by atoms with Crippen LogP contribution in [0.1, 0.15) is 24.8 Å². The van der Waals surface area contributed by atoms with E-state index in [1.165, 1.54) is 4.90 Å². The first-order valence-electron chi connectivity index (χ1n) is 13.6. The molecule has 0 aliphatic carbocycles. The predicted molar refractivity (Wildman–Crippen MR) is 152 cm³/mol. The van der Waals surface area contributed by atoms with Gasteiger partial charge in [0.25, 0.3) is 0 Å². The maximum Gasteiger partial charge on any atom is 0.472 e. The number of benzene rings is 1. The second kappa shape index (κ2) is 20.5. The number of carbonyl (C=O) groups is 5. The molecule has 0 aliphatic rings. The topological polar surface area (TPSA) is 252 Å². The maximum absolute atomic E-state index is 12.6. The Morgan fingerprint density at radius 1 is 0.682 bits per heavy atom. The Morgan fingerprint density at radius 3 is 1.70 bits per heavy atom. The van der Waals surface area contributed by atoms with E-state index in [-0.39, 0.29) is 19.7 Å². The molecule has 0 bridgehead atoms. The maximum atomic E-state index is 12.6. The Labute approximate surface area is 253 Å². The number of carboxylic acids is 5. The van der Waals surface area contributed by atoms with E-state index in [4.69, 9.17) is 19.3 Å². The van der Waals surface area contributed by atoms with Crippen molar-refractivity contribution in [1.82, 2.24) is 14.7 Å². The molecule has 0 amide bonds. The Kier molecular flexibility index (Phi) is 18.0. The van der Waals surface area contributed by atoms with E-state index < -0.39 is 89.6 Å². The molecule has 0 radical (unpaired) electrons. The third-order valence-corrected chi connectivity index (χ3v) is 7.09. The summed E-state index contributed by atoms with van der Waals surface area (Å²) in [6, 6.07) is 8.47. The standard InChI is InChI=1S/C26H40N3O14P/c30-22(31)14-27(10-11-28(15-23(32)33)16-24(34)35)13-21(29(17-25(36)37)18-26(38)39)19-43-44(40,41)42-12-6-2-5-9-20-7-3-1-4-8-20/h1,3-4,7-8,21H,2,5-6,9-19H2,(H,30,31)(H,32,33)(H,34,35)(H,36,37)(H,38,39)(H,40,41). The fourth-order valence-electron chi connectivity index (χ4n) is 4.19. The zero-order valence-electron chi connectivity index (χ0n) is 24.1. The highest BCUT2D eigenvalue weighted by Crippen LogP contribution is 2.43. The Bertz CT molecular complexity index is 1090. The van der Waals surface area contributed by atoms with Gasteiger partial charge in [-0.05, 0) is 24.8 Å². The zero-order chi connectivity index (χ0) is 33.1. The summed E-state index contributed by atoms with van der Waals surface area (Å²) >= 11 is 0. The van der Waals surface area contributed by atoms with Gasteiger partial charge < -0.3 is 30.4 Å². The minimum absolute atomic E-state index is 0.130. The van der Waals surface area contributed by atoms with E-state index in [0.29, 0.717) is 12.8 Å². The molecule has 1 aromatic carbocycles. The molecule has 6 N–H and O–H groups in total. The van der Waals surface area contributed by atoms with Crippen LogP contribution in [0, 0.1) is 0 Å². The quantitative estimate of drug-likeness (QED) is 0.0580. The van der Waals surface area contributed by atoms with Gasteiger partial charge in [-0.25, -0.2) is 4.57 Å². The second-order valence-corrected chi connectivity index (χ2v) is 11.3. The van der Waals surface area contributed by atoms with Crippen molar-refractivity contribution in [2.45, 2.75) is 31.7 Å². The van der Waals surface area contributed by atoms with Gasteiger partial charge in [0.1, 0.15) is 0 Å². The third kappa shape index (κ3) is 19.0. The molecule has 1 aromatic rings. The third-order valence-electron chi connectivity index (χ3n) is 6.11. The number of unbranched alkanes of at least 4 members (excludes halogenated alkanes) is 2. The number of rotatable bonds is 26. The van der Waals surface area contributed by atoms with Crippen LogP contribution in [0.3, 0.4) is 0 Å². The number of phosphoric acid groups is 1. The van der Waals surface area contributed by atoms with Gasteiger partial charge in [-0.3, -0.25) is 47.7 Å². The summed E-state index contributed by atoms with van der Waals surface area (Å²) in [5.41, 5.74) is 1.15. The van der Waals surface area contributed by atoms with E-state index in [1.54, 1.807) is 0 Å². The van der Waals surface area contributed by atoms with E-state index in [0.717, 1.165) is 28.2 Å². The first-order valence-corrected chi connectivity index (χ1v) is 15.1. The fourth-order valence-corrected chi connectivity index (χ4v) is 4.98. The Hall–Kier alpha value is -3.44. The van der Waals surface area contributed by atoms with Gasteiger partial charge in [-0.2, -0.15) is 0 Å². The minimum Gasteiger partial charge on any atom is -0.480 e. The highest BCUT2D eigenvalue weighted by Gasteiger charge is 2.30. The van der Waals surface area contributed by atoms with Crippen LogP contribution in [0.2, 0.25) is 0 Å². The number of aryl methyl sites for hydroxylation is 1. The molecule has 2 atom stereocenters. The summed E-state index contributed by atoms with van der Waals surface area (Å²) in [6.07, 6.45) is 2.74. The lowest BCUT2D eigenvalue weighted by Gasteiger charge is -2.34. The summed E-state index contributed by atoms with van der Waals surface area (Å²) in [7, 11) is -4.69. The lowest BCUT2D eigenvalue weighted by molar-refractivity contribution is -0.145. The number of carboxylic acid groups (broad SMARTS) is 5. The van der Waals surface area contributed by atoms with Crippen LogP contribution in [0.5, 0.6) is 0 Å². The molecule has 0 saturated heterocycles. The molecule has 248 valence electrons. The monoisotopic (exact) mass is 649 g/mol. The van der Waals surface area contributed by atoms with E-state index in [1.807, 2.05) is 30.3 Å². The summed E-state index contributed by atoms with van der Waals surface area (Å²) in [6.45, 7) is -5.43. The van der Waals surface area contributed by atoms with Crippen molar-refractivity contribution in [3.8, 4) is 0 Å². The fraction of sp³-hybridized carbons (Fsp3) is 0.577. The zero-order valence-corrected chi connectivity index (χ0v) is 25.0. The molecule has 1 rings (SSSR count). The van der Waals surface area contributed by atoms with Gasteiger partial charge in [-0.15, -0.1) is 0 Å². The van der Waals surface area contributed by atoms with Crippen molar-refractivity contribution in [2.24, 2.45) is 0 Å². The number of phosphoric ester groups is 1. The molecule has 0 fully saturated rings. The van der Waals surface area contributed by atoms with Crippen molar-refractivity contribution in [3.05, 3.63) is 35.9 Å². The van der Waals surface area contributed by atoms with E-state index in [2.05, 4.69) is 0 Å². The molecule has 18 heteroatoms. The van der Waals surface area contributed by atoms with Crippen molar-refractivity contribution in [2.75, 3.05) is 65.6 Å². The highest BCUT2D eigenvalue weighted by molar-refractivity contribution is 7.47. The van der Waals surface area contributed by atoms with Crippen LogP contribution >= 0.6 is 7.82 Å². The van der Waals surface area contributed by atoms with E-state index in [9.17, 15) is 48.8 Å². The minimum atomic E-state index is -4.69. The Balaban J connectivity index is 2.92. The largest absolute Gasteiger partial charge is 0.480 e. The summed E-state index contributed by atoms with van der Waals surface area (Å²) in [4.78, 5) is 70.0. The van der Waals surface area contributed by atoms with Gasteiger partial charge >= 0.3 is 37.7 Å². The SMILES string of the molecule is O=C(O)CN(CCN(CC(=O)O)CC(COP(=O)(O)OCCCCCc1ccccc1)N(CC(=O)O)CC(=O)O)CC(=O)O. The van der Waals surface area contributed by atoms with Gasteiger partial charge in [0, 0.05) is 25.7 Å². The van der Waals surface area contributed by atoms with Crippen LogP contribution in [-0.2, 0) is 44.0 Å². The Morgan fingerprint density at radius 2 is 1.18 bits per heavy atom. The number of aliphatic carboxylic acids is 5. The first-order chi connectivity index (χ1) is 20.7. The number of hydrogen-bond acceptors (Lipinski definition) is 11. The van der Waals surface area contributed by atoms with Crippen molar-refractivity contribution >= 4 is 37.7 Å². The first kappa shape index (κ1) is 38.6. The number of nitrogens with zero attached hydrogens (tertiary/aromatic N) is 3. The number of hydrogen-bond donors (Lipinski definition) is 6. The summed E-state index contributed by atoms with van der Waals surface area (Å²) < 4.78 is 22.6. The lowest BCUT2D eigenvalue weighted by atomic mass is 10.1. The average molecular weight is 650 g/mol. The van der Waals surface area contributed by atoms with Gasteiger partial charge in [0.2, 0.25) is 0 Å². The molecule has 17 nitrogen and oxygen atoms in total. The van der Waals surface area contributed by atoms with Crippen LogP contribution in [-0.4, -0.2) is 147 Å². The van der Waals surface area contributed by atoms with Crippen molar-refractivity contribution in [3.63, 3.8) is 0 Å². The van der Waals surface area contributed by atoms with E-state index >= 15 is 0 Å². The molecule has 0 aromatic heterocycles. The molecule has 44 heavy (non-hydrogen) atoms.